The second-order valence-electron chi connectivity index (χ2n) is 29.0. The molecule has 7 rings (SSSR count). The molecule has 2 aromatic rings. The van der Waals surface area contributed by atoms with E-state index in [4.69, 9.17) is 42.6 Å². The second-order valence-corrected chi connectivity index (χ2v) is 29.0. The molecule has 0 amide bonds. The number of unbranched alkanes of at least 4 members (excludes halogenated alkanes) is 9. The summed E-state index contributed by atoms with van der Waals surface area (Å²) in [6.45, 7) is 52.2. The average Bonchev–Trinajstić information content (AvgIpc) is 1.57. The number of hydrogen-bond acceptors (Lipinski definition) is 22. The van der Waals surface area contributed by atoms with Crippen LogP contribution in [-0.4, -0.2) is 118 Å². The van der Waals surface area contributed by atoms with Crippen molar-refractivity contribution in [3.05, 3.63) is 223 Å². The highest BCUT2D eigenvalue weighted by atomic mass is 16.6. The van der Waals surface area contributed by atoms with Crippen LogP contribution in [-0.2, 0) is 125 Å². The molecule has 113 heavy (non-hydrogen) atoms. The molecule has 0 saturated heterocycles. The van der Waals surface area contributed by atoms with Gasteiger partial charge in [0.1, 0.15) is 39.1 Å². The van der Waals surface area contributed by atoms with Crippen molar-refractivity contribution in [2.24, 2.45) is 57.7 Å². The molecule has 5 fully saturated rings. The molecule has 4 bridgehead atoms. The van der Waals surface area contributed by atoms with Crippen molar-refractivity contribution >= 4 is 65.7 Å². The summed E-state index contributed by atoms with van der Waals surface area (Å²) >= 11 is 0. The Hall–Kier alpha value is -10.5. The summed E-state index contributed by atoms with van der Waals surface area (Å²) in [6, 6.07) is 16.7. The van der Waals surface area contributed by atoms with E-state index in [9.17, 15) is 52.7 Å². The van der Waals surface area contributed by atoms with Gasteiger partial charge in [0.2, 0.25) is 0 Å². The monoisotopic (exact) mass is 1570 g/mol. The highest BCUT2D eigenvalue weighted by Crippen LogP contribution is 2.66. The SMILES string of the molecule is C=CC(=O)OC/C=C\COC(=O)C=C.C=CC(=O)OC1CC2CCC1(C)C2(C)C.C=CC(=O)OCC(C)(C)COC(=O)C=C.C=CC(=O)OCC1CC2C3CC(COC(=O)C=C)C(C3)C2C1.C=CC(=O)OCCCCCCCCCCCC.C=CC(=O)OCc1cccc(COC(=O)C=C)c1.C=CC(=O)OCc1ccccc1. The molecule has 2 aromatic carbocycles. The molecule has 5 aliphatic rings. The summed E-state index contributed by atoms with van der Waals surface area (Å²) in [5.41, 5.74) is 2.66. The average molecular weight is 1570 g/mol. The summed E-state index contributed by atoms with van der Waals surface area (Å²) in [5.74, 6) is 0.133. The van der Waals surface area contributed by atoms with E-state index in [1.54, 1.807) is 24.3 Å². The molecule has 5 aliphatic carbocycles. The summed E-state index contributed by atoms with van der Waals surface area (Å²) in [5, 5.41) is 0. The predicted molar refractivity (Wildman–Crippen MR) is 434 cm³/mol. The third-order valence-electron chi connectivity index (χ3n) is 20.1. The Morgan fingerprint density at radius 2 is 0.796 bits per heavy atom. The van der Waals surface area contributed by atoms with Crippen LogP contribution in [0.15, 0.2) is 206 Å². The summed E-state index contributed by atoms with van der Waals surface area (Å²) < 4.78 is 54.4. The zero-order valence-electron chi connectivity index (χ0n) is 67.7. The van der Waals surface area contributed by atoms with E-state index < -0.39 is 41.2 Å². The molecule has 22 nitrogen and oxygen atoms in total. The van der Waals surface area contributed by atoms with Gasteiger partial charge >= 0.3 is 65.7 Å². The Morgan fingerprint density at radius 3 is 1.23 bits per heavy atom. The summed E-state index contributed by atoms with van der Waals surface area (Å²) in [6.07, 6.45) is 37.1. The van der Waals surface area contributed by atoms with Gasteiger partial charge in [0.15, 0.2) is 0 Å². The minimum absolute atomic E-state index is 0.0942. The van der Waals surface area contributed by atoms with Gasteiger partial charge in [0.05, 0.1) is 33.0 Å². The van der Waals surface area contributed by atoms with E-state index in [-0.39, 0.29) is 81.0 Å². The molecule has 0 aliphatic heterocycles. The minimum atomic E-state index is -0.488. The number of ether oxygens (including phenoxy) is 11. The van der Waals surface area contributed by atoms with Crippen LogP contribution in [0.3, 0.4) is 0 Å². The van der Waals surface area contributed by atoms with Gasteiger partial charge in [-0.2, -0.15) is 0 Å². The molecule has 0 spiro atoms. The summed E-state index contributed by atoms with van der Waals surface area (Å²) in [7, 11) is 0. The number of esters is 11. The molecular formula is C91H124O22. The lowest BCUT2D eigenvalue weighted by atomic mass is 9.70. The fourth-order valence-electron chi connectivity index (χ4n) is 13.7. The lowest BCUT2D eigenvalue weighted by Gasteiger charge is -2.38. The molecular weight excluding hydrogens is 1440 g/mol. The fourth-order valence-corrected chi connectivity index (χ4v) is 13.7. The molecule has 0 heterocycles. The second kappa shape index (κ2) is 57.5. The van der Waals surface area contributed by atoms with E-state index in [0.717, 1.165) is 96.2 Å². The number of rotatable bonds is 41. The predicted octanol–water partition coefficient (Wildman–Crippen LogP) is 16.8. The van der Waals surface area contributed by atoms with Crippen LogP contribution >= 0.6 is 0 Å². The lowest BCUT2D eigenvalue weighted by molar-refractivity contribution is -0.151. The van der Waals surface area contributed by atoms with Gasteiger partial charge in [0, 0.05) is 77.7 Å². The molecule has 0 aromatic heterocycles. The van der Waals surface area contributed by atoms with E-state index in [1.807, 2.05) is 56.3 Å². The Balaban J connectivity index is 0.000000665. The Morgan fingerprint density at radius 1 is 0.407 bits per heavy atom. The number of benzene rings is 2. The van der Waals surface area contributed by atoms with Crippen LogP contribution < -0.4 is 0 Å². The number of fused-ring (bicyclic) bond motifs is 7. The minimum Gasteiger partial charge on any atom is -0.463 e. The Bertz CT molecular complexity index is 3370. The molecule has 9 unspecified atom stereocenters. The molecule has 0 radical (unpaired) electrons. The third-order valence-corrected chi connectivity index (χ3v) is 20.1. The largest absolute Gasteiger partial charge is 0.463 e. The maximum Gasteiger partial charge on any atom is 0.330 e. The van der Waals surface area contributed by atoms with Gasteiger partial charge in [-0.1, -0.05) is 220 Å². The van der Waals surface area contributed by atoms with E-state index in [2.05, 4.69) is 110 Å². The zero-order valence-corrected chi connectivity index (χ0v) is 67.7. The Kier molecular flexibility index (Phi) is 51.2. The molecule has 620 valence electrons. The van der Waals surface area contributed by atoms with Gasteiger partial charge < -0.3 is 52.1 Å². The summed E-state index contributed by atoms with van der Waals surface area (Å²) in [4.78, 5) is 119. The fraction of sp³-hybridized carbons (Fsp3) is 0.484. The van der Waals surface area contributed by atoms with Gasteiger partial charge in [-0.15, -0.1) is 0 Å². The zero-order chi connectivity index (χ0) is 84.6. The first kappa shape index (κ1) is 100. The molecule has 22 heteroatoms. The first-order valence-corrected chi connectivity index (χ1v) is 38.5. The van der Waals surface area contributed by atoms with Crippen LogP contribution in [0, 0.1) is 57.7 Å². The first-order chi connectivity index (χ1) is 53.9. The van der Waals surface area contributed by atoms with Crippen molar-refractivity contribution in [1.29, 1.82) is 0 Å². The molecule has 5 saturated carbocycles. The molecule has 0 N–H and O–H groups in total. The van der Waals surface area contributed by atoms with Gasteiger partial charge in [-0.05, 0) is 133 Å². The number of carbonyl (C=O) groups is 11. The maximum absolute atomic E-state index is 11.3. The highest BCUT2D eigenvalue weighted by molar-refractivity contribution is 5.85. The normalized spacial score (nSPS) is 19.5. The van der Waals surface area contributed by atoms with E-state index in [0.29, 0.717) is 55.5 Å². The van der Waals surface area contributed by atoms with E-state index >= 15 is 0 Å². The van der Waals surface area contributed by atoms with Gasteiger partial charge in [0.25, 0.3) is 0 Å². The van der Waals surface area contributed by atoms with Crippen molar-refractivity contribution in [1.82, 2.24) is 0 Å². The Labute approximate surface area is 670 Å². The van der Waals surface area contributed by atoms with Crippen LogP contribution in [0.4, 0.5) is 0 Å². The quantitative estimate of drug-likeness (QED) is 0.0196. The van der Waals surface area contributed by atoms with Crippen molar-refractivity contribution < 1.29 is 105 Å². The third kappa shape index (κ3) is 41.6. The standard InChI is InChI=1S/C18H24O4.C15H28O2.C14H14O4.C13H20O2.C11H16O4.C10H12O4.C10H10O2/c1-3-17(19)21-9-11-5-14-12-7-13(10-22-18(20)4-2)15(8-12)16(14)6-11;1-3-5-6-7-8-9-10-11-12-13-14-17-15(16)4-2;1-3-13(15)17-9-11-6-5-7-12(8-11)10-18-14(16)4-2;1-5-11(14)15-10-8-9-6-7-13(10,4)12(9,2)3;1-5-9(12)14-7-11(3,4)8-15-10(13)6-2;1-3-9(11)13-7-5-6-8-14-10(12)4-2;1-2-10(11)12-8-9-6-4-3-5-7-9/h3-4,11-16H,1-2,5-10H2;4H,2-3,5-14H2,1H3;3-8H,1-2,9-10H2;5,9-10H,1,6-8H2,2-4H3;5-6H,1-2,7-8H2,3-4H3;3-6H,1-2,7-8H2;2-7H,1,8H2/b;;;;;6-5-;. The number of carbonyl (C=O) groups excluding carboxylic acids is 11. The smallest absolute Gasteiger partial charge is 0.330 e. The topological polar surface area (TPSA) is 289 Å². The van der Waals surface area contributed by atoms with Gasteiger partial charge in [-0.3, -0.25) is 0 Å². The van der Waals surface area contributed by atoms with Crippen LogP contribution in [0.25, 0.3) is 0 Å². The maximum atomic E-state index is 11.3. The number of hydrogen-bond donors (Lipinski definition) is 0. The highest BCUT2D eigenvalue weighted by Gasteiger charge is 2.63. The van der Waals surface area contributed by atoms with E-state index in [1.165, 1.54) is 114 Å². The van der Waals surface area contributed by atoms with Crippen molar-refractivity contribution in [2.45, 2.75) is 177 Å². The van der Waals surface area contributed by atoms with Crippen LogP contribution in [0.5, 0.6) is 0 Å². The first-order valence-electron chi connectivity index (χ1n) is 38.5. The van der Waals surface area contributed by atoms with Gasteiger partial charge in [-0.25, -0.2) is 52.7 Å². The van der Waals surface area contributed by atoms with Crippen molar-refractivity contribution in [3.63, 3.8) is 0 Å². The van der Waals surface area contributed by atoms with Crippen LogP contribution in [0.2, 0.25) is 0 Å². The van der Waals surface area contributed by atoms with Crippen molar-refractivity contribution in [3.8, 4) is 0 Å². The molecule has 9 atom stereocenters. The lowest BCUT2D eigenvalue weighted by Crippen LogP contribution is -2.38. The van der Waals surface area contributed by atoms with Crippen molar-refractivity contribution in [2.75, 3.05) is 46.2 Å². The van der Waals surface area contributed by atoms with Crippen LogP contribution in [0.1, 0.15) is 167 Å².